The van der Waals surface area contributed by atoms with Crippen LogP contribution in [0.1, 0.15) is 63.6 Å². The van der Waals surface area contributed by atoms with Crippen LogP contribution in [0.2, 0.25) is 0 Å². The van der Waals surface area contributed by atoms with Crippen molar-refractivity contribution in [2.75, 3.05) is 6.54 Å². The van der Waals surface area contributed by atoms with E-state index in [0.717, 1.165) is 24.8 Å². The fourth-order valence-electron chi connectivity index (χ4n) is 3.57. The SMILES string of the molecule is CCNC(c1cccc(CC)c1)C1CCCC(C)C1. The maximum atomic E-state index is 3.74. The molecule has 0 saturated heterocycles. The van der Waals surface area contributed by atoms with E-state index in [1.807, 2.05) is 0 Å². The van der Waals surface area contributed by atoms with Crippen molar-refractivity contribution in [3.63, 3.8) is 0 Å². The lowest BCUT2D eigenvalue weighted by atomic mass is 9.76. The van der Waals surface area contributed by atoms with Crippen LogP contribution in [-0.2, 0) is 6.42 Å². The van der Waals surface area contributed by atoms with Crippen molar-refractivity contribution >= 4 is 0 Å². The fraction of sp³-hybridized carbons (Fsp3) is 0.667. The first-order chi connectivity index (χ1) is 9.24. The van der Waals surface area contributed by atoms with E-state index in [1.165, 1.54) is 36.8 Å². The van der Waals surface area contributed by atoms with Gasteiger partial charge in [-0.25, -0.2) is 0 Å². The van der Waals surface area contributed by atoms with Gasteiger partial charge in [-0.05, 0) is 48.8 Å². The Hall–Kier alpha value is -0.820. The summed E-state index contributed by atoms with van der Waals surface area (Å²) in [5, 5.41) is 3.74. The Bertz CT molecular complexity index is 385. The van der Waals surface area contributed by atoms with E-state index in [-0.39, 0.29) is 0 Å². The maximum absolute atomic E-state index is 3.74. The smallest absolute Gasteiger partial charge is 0.0348 e. The standard InChI is InChI=1S/C18H29N/c1-4-15-9-7-11-17(13-15)18(19-5-2)16-10-6-8-14(3)12-16/h7,9,11,13-14,16,18-19H,4-6,8,10,12H2,1-3H3. The predicted octanol–water partition coefficient (Wildman–Crippen LogP) is 4.73. The van der Waals surface area contributed by atoms with Gasteiger partial charge >= 0.3 is 0 Å². The Morgan fingerprint density at radius 2 is 2.11 bits per heavy atom. The van der Waals surface area contributed by atoms with Gasteiger partial charge in [0, 0.05) is 6.04 Å². The van der Waals surface area contributed by atoms with Crippen LogP contribution in [0.4, 0.5) is 0 Å². The lowest BCUT2D eigenvalue weighted by molar-refractivity contribution is 0.225. The topological polar surface area (TPSA) is 12.0 Å². The molecule has 1 aliphatic rings. The molecule has 1 saturated carbocycles. The van der Waals surface area contributed by atoms with Crippen molar-refractivity contribution in [3.05, 3.63) is 35.4 Å². The van der Waals surface area contributed by atoms with Gasteiger partial charge in [0.15, 0.2) is 0 Å². The molecule has 1 heteroatoms. The van der Waals surface area contributed by atoms with Gasteiger partial charge in [0.1, 0.15) is 0 Å². The monoisotopic (exact) mass is 259 g/mol. The molecule has 1 nitrogen and oxygen atoms in total. The molecule has 0 amide bonds. The highest BCUT2D eigenvalue weighted by atomic mass is 14.9. The molecule has 0 radical (unpaired) electrons. The molecular weight excluding hydrogens is 230 g/mol. The first-order valence-electron chi connectivity index (χ1n) is 8.06. The third-order valence-electron chi connectivity index (χ3n) is 4.59. The highest BCUT2D eigenvalue weighted by molar-refractivity contribution is 5.26. The number of hydrogen-bond acceptors (Lipinski definition) is 1. The summed E-state index contributed by atoms with van der Waals surface area (Å²) in [5.74, 6) is 1.71. The van der Waals surface area contributed by atoms with Crippen LogP contribution in [0.15, 0.2) is 24.3 Å². The molecule has 1 aromatic rings. The normalized spacial score (nSPS) is 25.2. The van der Waals surface area contributed by atoms with Gasteiger partial charge in [-0.1, -0.05) is 57.9 Å². The third kappa shape index (κ3) is 3.82. The molecule has 2 rings (SSSR count). The molecule has 19 heavy (non-hydrogen) atoms. The molecule has 3 unspecified atom stereocenters. The van der Waals surface area contributed by atoms with E-state index in [9.17, 15) is 0 Å². The van der Waals surface area contributed by atoms with Gasteiger partial charge in [0.05, 0.1) is 0 Å². The van der Waals surface area contributed by atoms with Crippen LogP contribution >= 0.6 is 0 Å². The van der Waals surface area contributed by atoms with Crippen molar-refractivity contribution < 1.29 is 0 Å². The Morgan fingerprint density at radius 1 is 1.26 bits per heavy atom. The Kier molecular flexibility index (Phi) is 5.45. The summed E-state index contributed by atoms with van der Waals surface area (Å²) in [6, 6.07) is 9.75. The van der Waals surface area contributed by atoms with Crippen LogP contribution in [0.25, 0.3) is 0 Å². The minimum absolute atomic E-state index is 0.555. The highest BCUT2D eigenvalue weighted by Crippen LogP contribution is 2.37. The number of benzene rings is 1. The van der Waals surface area contributed by atoms with Crippen LogP contribution in [0.5, 0.6) is 0 Å². The Labute approximate surface area is 118 Å². The molecule has 0 bridgehead atoms. The summed E-state index contributed by atoms with van der Waals surface area (Å²) in [6.45, 7) is 7.94. The van der Waals surface area contributed by atoms with E-state index < -0.39 is 0 Å². The van der Waals surface area contributed by atoms with Gasteiger partial charge in [-0.3, -0.25) is 0 Å². The van der Waals surface area contributed by atoms with Gasteiger partial charge < -0.3 is 5.32 Å². The minimum atomic E-state index is 0.555. The van der Waals surface area contributed by atoms with Crippen molar-refractivity contribution in [1.82, 2.24) is 5.32 Å². The van der Waals surface area contributed by atoms with Gasteiger partial charge in [0.2, 0.25) is 0 Å². The van der Waals surface area contributed by atoms with E-state index in [1.54, 1.807) is 0 Å². The second-order valence-electron chi connectivity index (χ2n) is 6.17. The molecule has 0 aromatic heterocycles. The summed E-state index contributed by atoms with van der Waals surface area (Å²) >= 11 is 0. The second kappa shape index (κ2) is 7.09. The number of aryl methyl sites for hydroxylation is 1. The lowest BCUT2D eigenvalue weighted by Gasteiger charge is -2.34. The van der Waals surface area contributed by atoms with Crippen LogP contribution in [0.3, 0.4) is 0 Å². The number of nitrogens with one attached hydrogen (secondary N) is 1. The van der Waals surface area contributed by atoms with Crippen LogP contribution in [0, 0.1) is 11.8 Å². The Balaban J connectivity index is 2.17. The van der Waals surface area contributed by atoms with Crippen molar-refractivity contribution in [2.45, 2.75) is 58.9 Å². The van der Waals surface area contributed by atoms with E-state index >= 15 is 0 Å². The predicted molar refractivity (Wildman–Crippen MR) is 83.4 cm³/mol. The van der Waals surface area contributed by atoms with Crippen LogP contribution < -0.4 is 5.32 Å². The largest absolute Gasteiger partial charge is 0.310 e. The third-order valence-corrected chi connectivity index (χ3v) is 4.59. The zero-order valence-corrected chi connectivity index (χ0v) is 12.8. The average Bonchev–Trinajstić information content (AvgIpc) is 2.45. The molecule has 1 N–H and O–H groups in total. The molecule has 0 spiro atoms. The average molecular weight is 259 g/mol. The molecule has 1 aliphatic carbocycles. The summed E-state index contributed by atoms with van der Waals surface area (Å²) in [4.78, 5) is 0. The number of hydrogen-bond donors (Lipinski definition) is 1. The maximum Gasteiger partial charge on any atom is 0.0348 e. The molecule has 1 aromatic carbocycles. The summed E-state index contributed by atoms with van der Waals surface area (Å²) in [6.07, 6.45) is 6.73. The fourth-order valence-corrected chi connectivity index (χ4v) is 3.57. The summed E-state index contributed by atoms with van der Waals surface area (Å²) in [7, 11) is 0. The molecule has 0 aliphatic heterocycles. The highest BCUT2D eigenvalue weighted by Gasteiger charge is 2.27. The zero-order valence-electron chi connectivity index (χ0n) is 12.8. The molecule has 0 heterocycles. The van der Waals surface area contributed by atoms with E-state index in [2.05, 4.69) is 50.4 Å². The number of rotatable bonds is 5. The van der Waals surface area contributed by atoms with Crippen molar-refractivity contribution in [3.8, 4) is 0 Å². The van der Waals surface area contributed by atoms with Gasteiger partial charge in [-0.2, -0.15) is 0 Å². The molecule has 1 fully saturated rings. The lowest BCUT2D eigenvalue weighted by Crippen LogP contribution is -2.31. The first-order valence-corrected chi connectivity index (χ1v) is 8.06. The Morgan fingerprint density at radius 3 is 2.79 bits per heavy atom. The minimum Gasteiger partial charge on any atom is -0.310 e. The molecule has 106 valence electrons. The second-order valence-corrected chi connectivity index (χ2v) is 6.17. The quantitative estimate of drug-likeness (QED) is 0.806. The zero-order chi connectivity index (χ0) is 13.7. The van der Waals surface area contributed by atoms with Gasteiger partial charge in [0.25, 0.3) is 0 Å². The van der Waals surface area contributed by atoms with Gasteiger partial charge in [-0.15, -0.1) is 0 Å². The van der Waals surface area contributed by atoms with Crippen LogP contribution in [-0.4, -0.2) is 6.54 Å². The van der Waals surface area contributed by atoms with Crippen molar-refractivity contribution in [2.24, 2.45) is 11.8 Å². The summed E-state index contributed by atoms with van der Waals surface area (Å²) < 4.78 is 0. The molecular formula is C18H29N. The first kappa shape index (κ1) is 14.6. The van der Waals surface area contributed by atoms with Crippen molar-refractivity contribution in [1.29, 1.82) is 0 Å². The van der Waals surface area contributed by atoms with E-state index in [0.29, 0.717) is 6.04 Å². The van der Waals surface area contributed by atoms with E-state index in [4.69, 9.17) is 0 Å². The molecule has 3 atom stereocenters. The summed E-state index contributed by atoms with van der Waals surface area (Å²) in [5.41, 5.74) is 2.96.